The Kier molecular flexibility index (Phi) is 6.53. The molecule has 232 valence electrons. The van der Waals surface area contributed by atoms with Gasteiger partial charge in [0.2, 0.25) is 0 Å². The normalized spacial score (nSPS) is 11.6. The summed E-state index contributed by atoms with van der Waals surface area (Å²) in [6.07, 6.45) is 1.85. The van der Waals surface area contributed by atoms with E-state index in [-0.39, 0.29) is 0 Å². The first-order chi connectivity index (χ1) is 24.8. The lowest BCUT2D eigenvalue weighted by Gasteiger charge is -2.16. The molecular weight excluding hydrogens is 605 g/mol. The minimum absolute atomic E-state index is 0.965. The molecule has 8 aromatic carbocycles. The van der Waals surface area contributed by atoms with Crippen LogP contribution in [0.1, 0.15) is 0 Å². The zero-order valence-electron chi connectivity index (χ0n) is 27.2. The number of aromatic nitrogens is 2. The topological polar surface area (TPSA) is 25.8 Å². The zero-order chi connectivity index (χ0) is 33.0. The number of benzene rings is 8. The number of hydrogen-bond acceptors (Lipinski definition) is 2. The molecule has 10 aromatic rings. The second-order valence-electron chi connectivity index (χ2n) is 13.0. The molecule has 0 unspecified atom stereocenters. The highest BCUT2D eigenvalue weighted by Gasteiger charge is 2.16. The molecule has 2 aromatic heterocycles. The van der Waals surface area contributed by atoms with Crippen molar-refractivity contribution in [1.82, 2.24) is 9.97 Å². The van der Waals surface area contributed by atoms with Crippen molar-refractivity contribution in [2.75, 3.05) is 0 Å². The van der Waals surface area contributed by atoms with Gasteiger partial charge in [-0.25, -0.2) is 4.98 Å². The SMILES string of the molecule is c1ccc(-c2ccc(-c3cc(-c4cc5ccccc5c5ccccc45)nc4ccc(-c5cc6ccccc6c6ccccc56)cc34)cc2)nc1. The van der Waals surface area contributed by atoms with Crippen molar-refractivity contribution in [3.8, 4) is 44.8 Å². The standard InChI is InChI=1S/C48H30N2/c1-3-13-36-33(11-1)27-42(40-17-7-5-15-38(36)40)35-24-25-47-45(29-35)43(31-20-22-32(23-21-31)46-19-9-10-26-49-46)30-48(50-47)44-28-34-12-2-4-14-37(34)39-16-6-8-18-41(39)44/h1-30H. The van der Waals surface area contributed by atoms with E-state index in [1.54, 1.807) is 0 Å². The third-order valence-electron chi connectivity index (χ3n) is 10.1. The summed E-state index contributed by atoms with van der Waals surface area (Å²) in [5.41, 5.74) is 9.83. The molecule has 0 aliphatic rings. The van der Waals surface area contributed by atoms with Crippen LogP contribution in [0.4, 0.5) is 0 Å². The molecule has 0 spiro atoms. The van der Waals surface area contributed by atoms with Gasteiger partial charge in [0, 0.05) is 22.7 Å². The maximum Gasteiger partial charge on any atom is 0.0722 e. The first-order valence-electron chi connectivity index (χ1n) is 17.1. The van der Waals surface area contributed by atoms with Gasteiger partial charge >= 0.3 is 0 Å². The Morgan fingerprint density at radius 3 is 1.48 bits per heavy atom. The van der Waals surface area contributed by atoms with Crippen molar-refractivity contribution in [1.29, 1.82) is 0 Å². The molecule has 0 aliphatic heterocycles. The number of pyridine rings is 2. The monoisotopic (exact) mass is 634 g/mol. The summed E-state index contributed by atoms with van der Waals surface area (Å²) < 4.78 is 0. The van der Waals surface area contributed by atoms with Gasteiger partial charge in [0.15, 0.2) is 0 Å². The molecule has 0 aliphatic carbocycles. The molecular formula is C48H30N2. The fourth-order valence-corrected chi connectivity index (χ4v) is 7.68. The highest BCUT2D eigenvalue weighted by atomic mass is 14.7. The summed E-state index contributed by atoms with van der Waals surface area (Å²) >= 11 is 0. The fourth-order valence-electron chi connectivity index (χ4n) is 7.68. The van der Waals surface area contributed by atoms with Crippen LogP contribution in [0.3, 0.4) is 0 Å². The van der Waals surface area contributed by atoms with Gasteiger partial charge in [0.1, 0.15) is 0 Å². The van der Waals surface area contributed by atoms with Gasteiger partial charge in [0.25, 0.3) is 0 Å². The fraction of sp³-hybridized carbons (Fsp3) is 0. The highest BCUT2D eigenvalue weighted by Crippen LogP contribution is 2.41. The van der Waals surface area contributed by atoms with Gasteiger partial charge in [-0.1, -0.05) is 133 Å². The number of fused-ring (bicyclic) bond motifs is 7. The van der Waals surface area contributed by atoms with Crippen molar-refractivity contribution in [2.24, 2.45) is 0 Å². The number of rotatable bonds is 4. The summed E-state index contributed by atoms with van der Waals surface area (Å²) in [4.78, 5) is 9.98. The van der Waals surface area contributed by atoms with E-state index in [9.17, 15) is 0 Å². The van der Waals surface area contributed by atoms with Crippen LogP contribution in [0.5, 0.6) is 0 Å². The Hall–Kier alpha value is -6.64. The second-order valence-corrected chi connectivity index (χ2v) is 13.0. The van der Waals surface area contributed by atoms with Crippen molar-refractivity contribution in [3.63, 3.8) is 0 Å². The van der Waals surface area contributed by atoms with Crippen LogP contribution in [0.2, 0.25) is 0 Å². The van der Waals surface area contributed by atoms with Gasteiger partial charge in [0.05, 0.1) is 16.9 Å². The quantitative estimate of drug-likeness (QED) is 0.180. The summed E-state index contributed by atoms with van der Waals surface area (Å²) in [5, 5.41) is 11.1. The summed E-state index contributed by atoms with van der Waals surface area (Å²) in [6, 6.07) is 63.3. The Balaban J connectivity index is 1.23. The Labute approximate surface area is 290 Å². The van der Waals surface area contributed by atoms with Gasteiger partial charge in [-0.05, 0) is 108 Å². The van der Waals surface area contributed by atoms with Crippen LogP contribution >= 0.6 is 0 Å². The lowest BCUT2D eigenvalue weighted by Crippen LogP contribution is -1.93. The van der Waals surface area contributed by atoms with E-state index in [1.807, 2.05) is 18.3 Å². The van der Waals surface area contributed by atoms with E-state index >= 15 is 0 Å². The number of nitrogens with zero attached hydrogens (tertiary/aromatic N) is 2. The van der Waals surface area contributed by atoms with E-state index in [4.69, 9.17) is 4.98 Å². The van der Waals surface area contributed by atoms with Crippen LogP contribution in [0, 0.1) is 0 Å². The van der Waals surface area contributed by atoms with Crippen LogP contribution in [-0.4, -0.2) is 9.97 Å². The van der Waals surface area contributed by atoms with Crippen LogP contribution < -0.4 is 0 Å². The first-order valence-corrected chi connectivity index (χ1v) is 17.1. The lowest BCUT2D eigenvalue weighted by atomic mass is 9.90. The van der Waals surface area contributed by atoms with Gasteiger partial charge in [-0.15, -0.1) is 0 Å². The molecule has 0 bridgehead atoms. The van der Waals surface area contributed by atoms with Crippen molar-refractivity contribution in [3.05, 3.63) is 182 Å². The van der Waals surface area contributed by atoms with E-state index in [0.29, 0.717) is 0 Å². The smallest absolute Gasteiger partial charge is 0.0722 e. The molecule has 2 nitrogen and oxygen atoms in total. The van der Waals surface area contributed by atoms with Crippen LogP contribution in [0.25, 0.3) is 98.8 Å². The second kappa shape index (κ2) is 11.5. The highest BCUT2D eigenvalue weighted by molar-refractivity contribution is 6.16. The average Bonchev–Trinajstić information content (AvgIpc) is 3.20. The molecule has 0 saturated carbocycles. The maximum atomic E-state index is 5.39. The third-order valence-corrected chi connectivity index (χ3v) is 10.1. The Morgan fingerprint density at radius 1 is 0.300 bits per heavy atom. The Morgan fingerprint density at radius 2 is 0.820 bits per heavy atom. The van der Waals surface area contributed by atoms with Gasteiger partial charge < -0.3 is 0 Å². The molecule has 0 N–H and O–H groups in total. The predicted molar refractivity (Wildman–Crippen MR) is 211 cm³/mol. The molecule has 0 fully saturated rings. The first kappa shape index (κ1) is 28.4. The molecule has 0 radical (unpaired) electrons. The average molecular weight is 635 g/mol. The molecule has 10 rings (SSSR count). The largest absolute Gasteiger partial charge is 0.256 e. The van der Waals surface area contributed by atoms with E-state index in [2.05, 4.69) is 169 Å². The molecule has 2 heteroatoms. The van der Waals surface area contributed by atoms with Gasteiger partial charge in [-0.2, -0.15) is 0 Å². The zero-order valence-corrected chi connectivity index (χ0v) is 27.2. The molecule has 2 heterocycles. The van der Waals surface area contributed by atoms with Crippen LogP contribution in [-0.2, 0) is 0 Å². The van der Waals surface area contributed by atoms with Crippen molar-refractivity contribution >= 4 is 54.0 Å². The molecule has 50 heavy (non-hydrogen) atoms. The van der Waals surface area contributed by atoms with E-state index < -0.39 is 0 Å². The minimum atomic E-state index is 0.965. The van der Waals surface area contributed by atoms with Crippen molar-refractivity contribution in [2.45, 2.75) is 0 Å². The van der Waals surface area contributed by atoms with Gasteiger partial charge in [-0.3, -0.25) is 4.98 Å². The molecule has 0 atom stereocenters. The number of hydrogen-bond donors (Lipinski definition) is 0. The summed E-state index contributed by atoms with van der Waals surface area (Å²) in [5.74, 6) is 0. The third kappa shape index (κ3) is 4.65. The Bertz CT molecular complexity index is 2910. The minimum Gasteiger partial charge on any atom is -0.256 e. The molecule has 0 saturated heterocycles. The predicted octanol–water partition coefficient (Wildman–Crippen LogP) is 12.9. The van der Waals surface area contributed by atoms with Crippen molar-refractivity contribution < 1.29 is 0 Å². The maximum absolute atomic E-state index is 5.39. The summed E-state index contributed by atoms with van der Waals surface area (Å²) in [6.45, 7) is 0. The van der Waals surface area contributed by atoms with Crippen LogP contribution in [0.15, 0.2) is 182 Å². The lowest BCUT2D eigenvalue weighted by molar-refractivity contribution is 1.33. The summed E-state index contributed by atoms with van der Waals surface area (Å²) in [7, 11) is 0. The molecule has 0 amide bonds. The van der Waals surface area contributed by atoms with E-state index in [0.717, 1.165) is 44.5 Å². The van der Waals surface area contributed by atoms with E-state index in [1.165, 1.54) is 54.2 Å².